The third kappa shape index (κ3) is 6.83. The molecule has 0 aliphatic heterocycles. The summed E-state index contributed by atoms with van der Waals surface area (Å²) in [5.41, 5.74) is 1.09. The molecule has 2 heterocycles. The summed E-state index contributed by atoms with van der Waals surface area (Å²) >= 11 is 0. The number of ether oxygens (including phenoxy) is 2. The van der Waals surface area contributed by atoms with E-state index in [2.05, 4.69) is 4.98 Å². The van der Waals surface area contributed by atoms with Crippen molar-refractivity contribution >= 4 is 23.6 Å². The molecule has 11 heteroatoms. The molecule has 0 radical (unpaired) electrons. The topological polar surface area (TPSA) is 104 Å². The fraction of sp³-hybridized carbons (Fsp3) is 0.370. The fourth-order valence-corrected chi connectivity index (χ4v) is 4.19. The summed E-state index contributed by atoms with van der Waals surface area (Å²) in [6.45, 7) is 2.24. The first kappa shape index (κ1) is 29.0. The highest BCUT2D eigenvalue weighted by Crippen LogP contribution is 2.27. The van der Waals surface area contributed by atoms with Crippen LogP contribution in [-0.2, 0) is 27.2 Å². The molecular weight excluding hydrogens is 510 g/mol. The molecule has 0 amide bonds. The zero-order valence-electron chi connectivity index (χ0n) is 21.8. The summed E-state index contributed by atoms with van der Waals surface area (Å²) in [5.74, 6) is 1.21. The molecule has 2 aromatic heterocycles. The molecule has 4 rings (SSSR count). The minimum absolute atomic E-state index is 0. The van der Waals surface area contributed by atoms with Crippen LogP contribution >= 0.6 is 12.4 Å². The maximum Gasteiger partial charge on any atom is 0.332 e. The number of hydrogen-bond acceptors (Lipinski definition) is 7. The van der Waals surface area contributed by atoms with E-state index in [1.54, 1.807) is 17.9 Å². The first-order valence-electron chi connectivity index (χ1n) is 12.2. The number of halogens is 1. The Hall–Kier alpha value is -3.60. The molecule has 0 saturated carbocycles. The summed E-state index contributed by atoms with van der Waals surface area (Å²) in [6, 6.07) is 17.3. The molecule has 0 aliphatic carbocycles. The predicted octanol–water partition coefficient (Wildman–Crippen LogP) is 2.20. The van der Waals surface area contributed by atoms with Crippen molar-refractivity contribution in [1.82, 2.24) is 23.6 Å². The van der Waals surface area contributed by atoms with E-state index in [4.69, 9.17) is 9.47 Å². The molecule has 0 aliphatic rings. The molecule has 4 aromatic rings. The van der Waals surface area contributed by atoms with Gasteiger partial charge >= 0.3 is 5.69 Å². The van der Waals surface area contributed by atoms with Crippen LogP contribution in [0.5, 0.6) is 11.5 Å². The smallest absolute Gasteiger partial charge is 0.332 e. The Labute approximate surface area is 227 Å². The van der Waals surface area contributed by atoms with Crippen LogP contribution in [0.1, 0.15) is 12.0 Å². The molecule has 0 fully saturated rings. The third-order valence-electron chi connectivity index (χ3n) is 6.20. The summed E-state index contributed by atoms with van der Waals surface area (Å²) in [5, 5.41) is 10.5. The van der Waals surface area contributed by atoms with Crippen molar-refractivity contribution in [3.63, 3.8) is 0 Å². The zero-order valence-corrected chi connectivity index (χ0v) is 22.6. The maximum atomic E-state index is 12.6. The lowest BCUT2D eigenvalue weighted by Gasteiger charge is -2.21. The van der Waals surface area contributed by atoms with Crippen LogP contribution in [0.15, 0.2) is 70.5 Å². The second-order valence-electron chi connectivity index (χ2n) is 9.12. The number of imidazole rings is 1. The van der Waals surface area contributed by atoms with E-state index >= 15 is 0 Å². The number of nitrogens with zero attached hydrogens (tertiary/aromatic N) is 5. The van der Waals surface area contributed by atoms with Gasteiger partial charge < -0.3 is 24.0 Å². The molecule has 38 heavy (non-hydrogen) atoms. The van der Waals surface area contributed by atoms with E-state index in [1.165, 1.54) is 11.6 Å². The maximum absolute atomic E-state index is 12.6. The van der Waals surface area contributed by atoms with E-state index < -0.39 is 11.8 Å². The number of para-hydroxylation sites is 2. The van der Waals surface area contributed by atoms with Crippen LogP contribution in [0.25, 0.3) is 11.2 Å². The average Bonchev–Trinajstić information content (AvgIpc) is 3.33. The number of aliphatic hydroxyl groups excluding tert-OH is 1. The number of fused-ring (bicyclic) bond motifs is 1. The summed E-state index contributed by atoms with van der Waals surface area (Å²) in [4.78, 5) is 30.9. The highest BCUT2D eigenvalue weighted by Gasteiger charge is 2.15. The van der Waals surface area contributed by atoms with Gasteiger partial charge in [0, 0.05) is 27.2 Å². The first-order chi connectivity index (χ1) is 17.8. The van der Waals surface area contributed by atoms with E-state index in [0.717, 1.165) is 16.6 Å². The molecule has 1 N–H and O–H groups in total. The molecule has 0 spiro atoms. The minimum Gasteiger partial charge on any atom is -0.487 e. The van der Waals surface area contributed by atoms with Crippen molar-refractivity contribution in [3.8, 4) is 11.5 Å². The van der Waals surface area contributed by atoms with Crippen molar-refractivity contribution in [2.24, 2.45) is 14.1 Å². The molecule has 0 bridgehead atoms. The summed E-state index contributed by atoms with van der Waals surface area (Å²) in [6.07, 6.45) is 1.63. The van der Waals surface area contributed by atoms with Crippen LogP contribution in [-0.4, -0.2) is 61.5 Å². The van der Waals surface area contributed by atoms with Gasteiger partial charge in [-0.2, -0.15) is 0 Å². The summed E-state index contributed by atoms with van der Waals surface area (Å²) in [7, 11) is 4.99. The zero-order chi connectivity index (χ0) is 26.4. The van der Waals surface area contributed by atoms with Gasteiger partial charge in [-0.05, 0) is 37.7 Å². The van der Waals surface area contributed by atoms with Gasteiger partial charge in [-0.1, -0.05) is 42.5 Å². The van der Waals surface area contributed by atoms with Crippen LogP contribution < -0.4 is 20.7 Å². The molecule has 1 unspecified atom stereocenters. The molecule has 2 aromatic carbocycles. The average molecular weight is 544 g/mol. The lowest BCUT2D eigenvalue weighted by molar-refractivity contribution is 0.0741. The molecular formula is C27H34ClN5O5. The standard InChI is InChI=1S/C27H33N5O5.ClH/c1-29(14-9-15-32-19-28-25-24(32)26(34)31(3)27(35)30(25)2)16-21(33)18-37-23-13-8-7-12-22(23)36-17-20-10-5-4-6-11-20;/h4-8,10-13,19,21,33H,9,14-18H2,1-3H3;1H. The normalized spacial score (nSPS) is 11.9. The van der Waals surface area contributed by atoms with Crippen molar-refractivity contribution in [2.75, 3.05) is 26.7 Å². The van der Waals surface area contributed by atoms with Gasteiger partial charge in [-0.25, -0.2) is 9.78 Å². The van der Waals surface area contributed by atoms with Gasteiger partial charge in [0.05, 0.1) is 6.33 Å². The molecule has 10 nitrogen and oxygen atoms in total. The molecule has 0 saturated heterocycles. The van der Waals surface area contributed by atoms with Crippen molar-refractivity contribution in [1.29, 1.82) is 0 Å². The van der Waals surface area contributed by atoms with Gasteiger partial charge in [0.25, 0.3) is 5.56 Å². The number of likely N-dealkylation sites (N-methyl/N-ethyl adjacent to an activating group) is 1. The number of benzene rings is 2. The van der Waals surface area contributed by atoms with E-state index in [9.17, 15) is 14.7 Å². The Morgan fingerprint density at radius 1 is 0.974 bits per heavy atom. The van der Waals surface area contributed by atoms with Crippen molar-refractivity contribution in [2.45, 2.75) is 25.7 Å². The largest absolute Gasteiger partial charge is 0.487 e. The second kappa shape index (κ2) is 13.3. The van der Waals surface area contributed by atoms with Crippen LogP contribution in [0, 0.1) is 0 Å². The lowest BCUT2D eigenvalue weighted by Crippen LogP contribution is -2.37. The number of aliphatic hydroxyl groups is 1. The van der Waals surface area contributed by atoms with E-state index in [0.29, 0.717) is 48.9 Å². The van der Waals surface area contributed by atoms with Gasteiger partial charge in [0.2, 0.25) is 0 Å². The Kier molecular flexibility index (Phi) is 10.1. The lowest BCUT2D eigenvalue weighted by atomic mass is 10.2. The van der Waals surface area contributed by atoms with E-state index in [-0.39, 0.29) is 24.6 Å². The number of aryl methyl sites for hydroxylation is 2. The molecule has 204 valence electrons. The second-order valence-corrected chi connectivity index (χ2v) is 9.12. The number of rotatable bonds is 12. The Balaban J connectivity index is 0.00000400. The Morgan fingerprint density at radius 2 is 1.63 bits per heavy atom. The number of hydrogen-bond donors (Lipinski definition) is 1. The monoisotopic (exact) mass is 543 g/mol. The first-order valence-corrected chi connectivity index (χ1v) is 12.2. The van der Waals surface area contributed by atoms with E-state index in [1.807, 2.05) is 66.5 Å². The summed E-state index contributed by atoms with van der Waals surface area (Å²) < 4.78 is 16.0. The van der Waals surface area contributed by atoms with Gasteiger partial charge in [0.1, 0.15) is 19.3 Å². The van der Waals surface area contributed by atoms with Crippen LogP contribution in [0.4, 0.5) is 0 Å². The number of aromatic nitrogens is 4. The van der Waals surface area contributed by atoms with Gasteiger partial charge in [-0.15, -0.1) is 12.4 Å². The molecule has 1 atom stereocenters. The van der Waals surface area contributed by atoms with Gasteiger partial charge in [-0.3, -0.25) is 13.9 Å². The van der Waals surface area contributed by atoms with Gasteiger partial charge in [0.15, 0.2) is 22.7 Å². The third-order valence-corrected chi connectivity index (χ3v) is 6.20. The minimum atomic E-state index is -0.692. The fourth-order valence-electron chi connectivity index (χ4n) is 4.19. The predicted molar refractivity (Wildman–Crippen MR) is 148 cm³/mol. The van der Waals surface area contributed by atoms with Crippen LogP contribution in [0.3, 0.4) is 0 Å². The highest BCUT2D eigenvalue weighted by atomic mass is 35.5. The van der Waals surface area contributed by atoms with Crippen molar-refractivity contribution in [3.05, 3.63) is 87.3 Å². The van der Waals surface area contributed by atoms with Crippen molar-refractivity contribution < 1.29 is 14.6 Å². The SMILES string of the molecule is CN(CCCn1cnc2c1c(=O)n(C)c(=O)n2C)CC(O)COc1ccccc1OCc1ccccc1.Cl. The van der Waals surface area contributed by atoms with Crippen LogP contribution in [0.2, 0.25) is 0 Å². The quantitative estimate of drug-likeness (QED) is 0.292. The highest BCUT2D eigenvalue weighted by molar-refractivity contribution is 5.85. The Morgan fingerprint density at radius 3 is 2.34 bits per heavy atom. The Bertz CT molecular complexity index is 1450.